The first-order valence-corrected chi connectivity index (χ1v) is 11.2. The Bertz CT molecular complexity index is 1560. The summed E-state index contributed by atoms with van der Waals surface area (Å²) in [5.41, 5.74) is -1.22. The minimum Gasteiger partial charge on any atom is -0.505 e. The van der Waals surface area contributed by atoms with Crippen LogP contribution in [0.5, 0.6) is 5.75 Å². The highest BCUT2D eigenvalue weighted by Crippen LogP contribution is 2.45. The highest BCUT2D eigenvalue weighted by Gasteiger charge is 2.25. The van der Waals surface area contributed by atoms with Crippen molar-refractivity contribution in [3.8, 4) is 5.75 Å². The van der Waals surface area contributed by atoms with Gasteiger partial charge < -0.3 is 15.5 Å². The molecular formula is C15H12N6O10S2. The fourth-order valence-electron chi connectivity index (χ4n) is 2.68. The zero-order chi connectivity index (χ0) is 24.7. The summed E-state index contributed by atoms with van der Waals surface area (Å²) in [5.74, 6) is -4.36. The first kappa shape index (κ1) is 23.7. The number of phenols is 1. The van der Waals surface area contributed by atoms with Gasteiger partial charge in [0.15, 0.2) is 5.75 Å². The summed E-state index contributed by atoms with van der Waals surface area (Å²) < 4.78 is 65.9. The van der Waals surface area contributed by atoms with Crippen LogP contribution in [0.3, 0.4) is 0 Å². The van der Waals surface area contributed by atoms with E-state index in [0.29, 0.717) is 6.07 Å². The lowest BCUT2D eigenvalue weighted by atomic mass is 10.1. The van der Waals surface area contributed by atoms with Gasteiger partial charge in [0.05, 0.1) is 10.6 Å². The van der Waals surface area contributed by atoms with Gasteiger partial charge >= 0.3 is 5.97 Å². The van der Waals surface area contributed by atoms with Crippen LogP contribution in [0, 0.1) is 0 Å². The van der Waals surface area contributed by atoms with Crippen molar-refractivity contribution in [2.75, 3.05) is 5.32 Å². The molecular weight excluding hydrogens is 488 g/mol. The van der Waals surface area contributed by atoms with Crippen LogP contribution in [-0.4, -0.2) is 63.2 Å². The third-order valence-corrected chi connectivity index (χ3v) is 5.62. The van der Waals surface area contributed by atoms with Gasteiger partial charge in [-0.2, -0.15) is 21.8 Å². The van der Waals surface area contributed by atoms with Crippen LogP contribution in [0.2, 0.25) is 0 Å². The largest absolute Gasteiger partial charge is 0.505 e. The summed E-state index contributed by atoms with van der Waals surface area (Å²) in [4.78, 5) is 24.0. The third-order valence-electron chi connectivity index (χ3n) is 3.93. The molecule has 3 aromatic rings. The Morgan fingerprint density at radius 1 is 1.06 bits per heavy atom. The molecule has 1 heterocycles. The van der Waals surface area contributed by atoms with Gasteiger partial charge in [-0.25, -0.2) is 4.79 Å². The monoisotopic (exact) mass is 500 g/mol. The van der Waals surface area contributed by atoms with E-state index in [2.05, 4.69) is 25.6 Å². The maximum Gasteiger partial charge on any atom is 0.373 e. The van der Waals surface area contributed by atoms with Crippen molar-refractivity contribution in [2.45, 2.75) is 16.7 Å². The molecule has 0 fully saturated rings. The number of anilines is 1. The topological polar surface area (TPSA) is 262 Å². The zero-order valence-corrected chi connectivity index (χ0v) is 17.7. The molecule has 0 aliphatic heterocycles. The number of fused-ring (bicyclic) bond motifs is 1. The second-order valence-corrected chi connectivity index (χ2v) is 9.07. The fourth-order valence-corrected chi connectivity index (χ4v) is 3.88. The number of nitrogens with zero attached hydrogens (tertiary/aromatic N) is 4. The van der Waals surface area contributed by atoms with Gasteiger partial charge in [0.1, 0.15) is 10.6 Å². The molecule has 2 aromatic carbocycles. The molecule has 18 heteroatoms. The van der Waals surface area contributed by atoms with Crippen LogP contribution in [0.15, 0.2) is 38.2 Å². The number of aromatic hydroxyl groups is 1. The number of benzene rings is 2. The molecule has 6 N–H and O–H groups in total. The van der Waals surface area contributed by atoms with E-state index in [1.807, 2.05) is 5.10 Å². The number of H-pyrrole nitrogens is 1. The van der Waals surface area contributed by atoms with E-state index in [4.69, 9.17) is 5.11 Å². The molecule has 0 unspecified atom stereocenters. The van der Waals surface area contributed by atoms with Gasteiger partial charge in [-0.05, 0) is 23.6 Å². The number of azo groups is 1. The predicted octanol–water partition coefficient (Wildman–Crippen LogP) is 1.23. The Morgan fingerprint density at radius 2 is 1.73 bits per heavy atom. The molecule has 0 saturated heterocycles. The highest BCUT2D eigenvalue weighted by atomic mass is 32.2. The molecule has 0 atom stereocenters. The number of aromatic carboxylic acids is 1. The molecule has 1 aromatic heterocycles. The summed E-state index contributed by atoms with van der Waals surface area (Å²) >= 11 is 0. The van der Waals surface area contributed by atoms with Gasteiger partial charge in [0.2, 0.25) is 11.7 Å². The first-order valence-electron chi connectivity index (χ1n) is 8.32. The normalized spacial score (nSPS) is 12.3. The summed E-state index contributed by atoms with van der Waals surface area (Å²) in [7, 11) is -9.93. The predicted molar refractivity (Wildman–Crippen MR) is 107 cm³/mol. The summed E-state index contributed by atoms with van der Waals surface area (Å²) in [6, 6.07) is 2.28. The Balaban J connectivity index is 2.36. The Labute approximate surface area is 183 Å². The number of carboxylic acids is 1. The number of aromatic nitrogens is 3. The molecule has 0 aliphatic carbocycles. The van der Waals surface area contributed by atoms with Crippen molar-refractivity contribution in [3.63, 3.8) is 0 Å². The fraction of sp³-hybridized carbons (Fsp3) is 0.0667. The van der Waals surface area contributed by atoms with E-state index >= 15 is 0 Å². The molecule has 0 bridgehead atoms. The number of carboxylic acid groups (broad SMARTS) is 1. The molecule has 0 radical (unpaired) electrons. The van der Waals surface area contributed by atoms with E-state index in [0.717, 1.165) is 19.1 Å². The second kappa shape index (κ2) is 8.16. The van der Waals surface area contributed by atoms with Crippen LogP contribution in [0.1, 0.15) is 17.5 Å². The molecule has 174 valence electrons. The first-order chi connectivity index (χ1) is 15.2. The van der Waals surface area contributed by atoms with Crippen molar-refractivity contribution < 1.29 is 45.7 Å². The standard InChI is InChI=1S/C15H12N6O10S2/c1-5(22)16-8-4-7(32(26,27)28)2-6-3-9(33(29,30)31)11(12(23)10(6)8)18-20-15-17-13(14(24)25)19-21-15/h2-4,23H,1H3,(H,16,22)(H,24,25)(H,17,19,21)(H,26,27,28)(H,29,30,31). The van der Waals surface area contributed by atoms with E-state index in [1.54, 1.807) is 0 Å². The smallest absolute Gasteiger partial charge is 0.373 e. The number of phenolic OH excluding ortho intramolecular Hbond substituents is 1. The number of aromatic amines is 1. The Hall–Kier alpha value is -4.00. The lowest BCUT2D eigenvalue weighted by molar-refractivity contribution is -0.114. The number of hydrogen-bond donors (Lipinski definition) is 6. The molecule has 0 spiro atoms. The maximum atomic E-state index is 11.9. The highest BCUT2D eigenvalue weighted by molar-refractivity contribution is 7.86. The Morgan fingerprint density at radius 3 is 2.24 bits per heavy atom. The molecule has 3 rings (SSSR count). The number of carbonyl (C=O) groups excluding carboxylic acids is 1. The van der Waals surface area contributed by atoms with Gasteiger partial charge in [0, 0.05) is 12.3 Å². The number of nitrogens with one attached hydrogen (secondary N) is 2. The van der Waals surface area contributed by atoms with Crippen molar-refractivity contribution in [1.82, 2.24) is 15.2 Å². The third kappa shape index (κ3) is 4.92. The zero-order valence-electron chi connectivity index (χ0n) is 16.1. The molecule has 16 nitrogen and oxygen atoms in total. The van der Waals surface area contributed by atoms with Crippen LogP contribution >= 0.6 is 0 Å². The molecule has 33 heavy (non-hydrogen) atoms. The average Bonchev–Trinajstić information content (AvgIpc) is 3.14. The van der Waals surface area contributed by atoms with Crippen molar-refractivity contribution in [2.24, 2.45) is 10.2 Å². The lowest BCUT2D eigenvalue weighted by Gasteiger charge is -2.14. The molecule has 0 aliphatic rings. The SMILES string of the molecule is CC(=O)Nc1cc(S(=O)(=O)O)cc2cc(S(=O)(=O)O)c(N=Nc3n[nH]c(C(=O)O)n3)c(O)c12. The number of carbonyl (C=O) groups is 2. The van der Waals surface area contributed by atoms with Crippen molar-refractivity contribution in [1.29, 1.82) is 0 Å². The van der Waals surface area contributed by atoms with Gasteiger partial charge in [-0.3, -0.25) is 19.0 Å². The summed E-state index contributed by atoms with van der Waals surface area (Å²) in [6.45, 7) is 1.06. The van der Waals surface area contributed by atoms with Crippen molar-refractivity contribution in [3.05, 3.63) is 24.0 Å². The van der Waals surface area contributed by atoms with E-state index in [-0.39, 0.29) is 16.5 Å². The van der Waals surface area contributed by atoms with Crippen LogP contribution in [0.25, 0.3) is 10.8 Å². The molecule has 1 amide bonds. The average molecular weight is 500 g/mol. The quantitative estimate of drug-likeness (QED) is 0.206. The van der Waals surface area contributed by atoms with Gasteiger partial charge in [-0.15, -0.1) is 15.3 Å². The summed E-state index contributed by atoms with van der Waals surface area (Å²) in [5, 5.41) is 33.4. The van der Waals surface area contributed by atoms with Crippen LogP contribution < -0.4 is 5.32 Å². The Kier molecular flexibility index (Phi) is 5.85. The number of rotatable bonds is 6. The minimum absolute atomic E-state index is 0.319. The van der Waals surface area contributed by atoms with Gasteiger partial charge in [-0.1, -0.05) is 0 Å². The van der Waals surface area contributed by atoms with Crippen LogP contribution in [-0.2, 0) is 25.0 Å². The second-order valence-electron chi connectivity index (χ2n) is 6.26. The van der Waals surface area contributed by atoms with E-state index in [1.165, 1.54) is 0 Å². The van der Waals surface area contributed by atoms with E-state index in [9.17, 15) is 40.6 Å². The summed E-state index contributed by atoms with van der Waals surface area (Å²) in [6.07, 6.45) is 0. The lowest BCUT2D eigenvalue weighted by Crippen LogP contribution is -2.08. The molecule has 0 saturated carbocycles. The number of amides is 1. The van der Waals surface area contributed by atoms with Gasteiger partial charge in [0.25, 0.3) is 26.2 Å². The van der Waals surface area contributed by atoms with Crippen molar-refractivity contribution >= 4 is 60.2 Å². The minimum atomic E-state index is -5.10. The van der Waals surface area contributed by atoms with E-state index < -0.39 is 65.1 Å². The number of hydrogen-bond acceptors (Lipinski definition) is 11. The maximum absolute atomic E-state index is 11.9. The van der Waals surface area contributed by atoms with Crippen LogP contribution in [0.4, 0.5) is 17.3 Å².